The fourth-order valence-electron chi connectivity index (χ4n) is 3.19. The number of pyridine rings is 1. The lowest BCUT2D eigenvalue weighted by Crippen LogP contribution is -2.34. The molecule has 0 spiro atoms. The Morgan fingerprint density at radius 1 is 1.13 bits per heavy atom. The third-order valence-corrected chi connectivity index (χ3v) is 4.70. The zero-order valence-electron chi connectivity index (χ0n) is 17.2. The monoisotopic (exact) mass is 441 g/mol. The van der Waals surface area contributed by atoms with E-state index in [1.54, 1.807) is 12.1 Å². The van der Waals surface area contributed by atoms with Crippen LogP contribution in [0.1, 0.15) is 12.0 Å². The Labute approximate surface area is 176 Å². The third kappa shape index (κ3) is 5.22. The summed E-state index contributed by atoms with van der Waals surface area (Å²) in [7, 11) is 4.41. The van der Waals surface area contributed by atoms with E-state index in [1.165, 1.54) is 26.2 Å². The van der Waals surface area contributed by atoms with Crippen LogP contribution in [-0.2, 0) is 6.18 Å². The number of nitrogens with one attached hydrogen (secondary N) is 1. The van der Waals surface area contributed by atoms with Crippen LogP contribution in [-0.4, -0.2) is 56.4 Å². The number of alkyl halides is 3. The average Bonchev–Trinajstić information content (AvgIpc) is 3.21. The number of likely N-dealkylation sites (tertiary alicyclic amines) is 1. The standard InChI is InChI=1S/C20H22F3N3O5/c1-28-15-9-13(10-16(29-2)18(15)30-3)25-19(27)26-7-5-14(11-26)31-17-8-12(4-6-24-17)20(21,22)23/h4,6,8-10,14H,5,7,11H2,1-3H3,(H,25,27). The van der Waals surface area contributed by atoms with Crippen molar-refractivity contribution in [2.45, 2.75) is 18.7 Å². The van der Waals surface area contributed by atoms with Crippen LogP contribution >= 0.6 is 0 Å². The molecule has 1 aromatic carbocycles. The molecule has 2 aromatic rings. The molecule has 3 rings (SSSR count). The van der Waals surface area contributed by atoms with E-state index >= 15 is 0 Å². The Hall–Kier alpha value is -3.37. The maximum absolute atomic E-state index is 12.8. The minimum atomic E-state index is -4.48. The van der Waals surface area contributed by atoms with Crippen molar-refractivity contribution in [3.63, 3.8) is 0 Å². The molecule has 1 atom stereocenters. The van der Waals surface area contributed by atoms with Crippen molar-refractivity contribution in [1.82, 2.24) is 9.88 Å². The zero-order valence-corrected chi connectivity index (χ0v) is 17.2. The number of nitrogens with zero attached hydrogens (tertiary/aromatic N) is 2. The predicted octanol–water partition coefficient (Wildman–Crippen LogP) is 3.81. The summed E-state index contributed by atoms with van der Waals surface area (Å²) < 4.78 is 59.9. The first-order valence-corrected chi connectivity index (χ1v) is 9.31. The number of ether oxygens (including phenoxy) is 4. The normalized spacial score (nSPS) is 16.1. The molecule has 0 aliphatic carbocycles. The van der Waals surface area contributed by atoms with Crippen LogP contribution in [0.15, 0.2) is 30.5 Å². The van der Waals surface area contributed by atoms with Gasteiger partial charge in [0.05, 0.1) is 39.1 Å². The Morgan fingerprint density at radius 2 is 1.81 bits per heavy atom. The molecule has 0 radical (unpaired) electrons. The molecule has 31 heavy (non-hydrogen) atoms. The van der Waals surface area contributed by atoms with Crippen molar-refractivity contribution in [1.29, 1.82) is 0 Å². The molecule has 8 nitrogen and oxygen atoms in total. The molecule has 1 N–H and O–H groups in total. The van der Waals surface area contributed by atoms with E-state index in [9.17, 15) is 18.0 Å². The number of rotatable bonds is 6. The number of hydrogen-bond donors (Lipinski definition) is 1. The molecule has 2 heterocycles. The molecule has 1 aromatic heterocycles. The van der Waals surface area contributed by atoms with Crippen LogP contribution in [0.5, 0.6) is 23.1 Å². The van der Waals surface area contributed by atoms with Gasteiger partial charge in [-0.05, 0) is 6.07 Å². The minimum absolute atomic E-state index is 0.133. The fourth-order valence-corrected chi connectivity index (χ4v) is 3.19. The highest BCUT2D eigenvalue weighted by molar-refractivity contribution is 5.90. The number of anilines is 1. The number of halogens is 3. The van der Waals surface area contributed by atoms with Gasteiger partial charge in [0.15, 0.2) is 11.5 Å². The second kappa shape index (κ2) is 9.19. The second-order valence-corrected chi connectivity index (χ2v) is 6.70. The highest BCUT2D eigenvalue weighted by Gasteiger charge is 2.32. The molecule has 0 saturated carbocycles. The Bertz CT molecular complexity index is 914. The van der Waals surface area contributed by atoms with Crippen molar-refractivity contribution in [3.05, 3.63) is 36.0 Å². The van der Waals surface area contributed by atoms with Crippen molar-refractivity contribution < 1.29 is 36.9 Å². The first-order valence-electron chi connectivity index (χ1n) is 9.31. The van der Waals surface area contributed by atoms with Crippen LogP contribution in [0.2, 0.25) is 0 Å². The fraction of sp³-hybridized carbons (Fsp3) is 0.400. The number of aromatic nitrogens is 1. The quantitative estimate of drug-likeness (QED) is 0.734. The van der Waals surface area contributed by atoms with E-state index < -0.39 is 23.9 Å². The van der Waals surface area contributed by atoms with Gasteiger partial charge in [-0.1, -0.05) is 0 Å². The molecule has 1 saturated heterocycles. The van der Waals surface area contributed by atoms with Crippen molar-refractivity contribution in [2.75, 3.05) is 39.7 Å². The summed E-state index contributed by atoms with van der Waals surface area (Å²) >= 11 is 0. The van der Waals surface area contributed by atoms with Crippen LogP contribution in [0.25, 0.3) is 0 Å². The summed E-state index contributed by atoms with van der Waals surface area (Å²) in [5.74, 6) is 1.03. The number of hydrogen-bond acceptors (Lipinski definition) is 6. The van der Waals surface area contributed by atoms with Gasteiger partial charge in [0.2, 0.25) is 11.6 Å². The Balaban J connectivity index is 1.64. The van der Waals surface area contributed by atoms with Crippen molar-refractivity contribution in [3.8, 4) is 23.1 Å². The minimum Gasteiger partial charge on any atom is -0.493 e. The number of urea groups is 1. The lowest BCUT2D eigenvalue weighted by molar-refractivity contribution is -0.137. The smallest absolute Gasteiger partial charge is 0.416 e. The summed E-state index contributed by atoms with van der Waals surface area (Å²) in [5, 5.41) is 2.75. The molecule has 0 bridgehead atoms. The maximum Gasteiger partial charge on any atom is 0.416 e. The molecule has 1 fully saturated rings. The highest BCUT2D eigenvalue weighted by Crippen LogP contribution is 2.40. The third-order valence-electron chi connectivity index (χ3n) is 4.70. The SMILES string of the molecule is COc1cc(NC(=O)N2CCC(Oc3cc(C(F)(F)F)ccn3)C2)cc(OC)c1OC. The number of carbonyl (C=O) groups excluding carboxylic acids is 1. The van der Waals surface area contributed by atoms with Crippen molar-refractivity contribution in [2.24, 2.45) is 0 Å². The maximum atomic E-state index is 12.8. The van der Waals surface area contributed by atoms with E-state index in [0.717, 1.165) is 18.3 Å². The van der Waals surface area contributed by atoms with Gasteiger partial charge in [-0.15, -0.1) is 0 Å². The molecular formula is C20H22F3N3O5. The van der Waals surface area contributed by atoms with Crippen LogP contribution in [0.4, 0.5) is 23.7 Å². The number of carbonyl (C=O) groups is 1. The molecule has 11 heteroatoms. The first kappa shape index (κ1) is 22.3. The molecule has 1 aliphatic heterocycles. The summed E-state index contributed by atoms with van der Waals surface area (Å²) in [5.41, 5.74) is -0.407. The topological polar surface area (TPSA) is 82.2 Å². The van der Waals surface area contributed by atoms with Gasteiger partial charge in [-0.3, -0.25) is 0 Å². The van der Waals surface area contributed by atoms with Crippen LogP contribution < -0.4 is 24.3 Å². The van der Waals surface area contributed by atoms with E-state index in [1.807, 2.05) is 0 Å². The molecule has 1 unspecified atom stereocenters. The van der Waals surface area contributed by atoms with Gasteiger partial charge in [-0.25, -0.2) is 9.78 Å². The lowest BCUT2D eigenvalue weighted by atomic mass is 10.2. The van der Waals surface area contributed by atoms with E-state index in [4.69, 9.17) is 18.9 Å². The second-order valence-electron chi connectivity index (χ2n) is 6.70. The van der Waals surface area contributed by atoms with Gasteiger partial charge < -0.3 is 29.2 Å². The zero-order chi connectivity index (χ0) is 22.6. The molecular weight excluding hydrogens is 419 g/mol. The summed E-state index contributed by atoms with van der Waals surface area (Å²) in [6.45, 7) is 0.577. The van der Waals surface area contributed by atoms with Crippen LogP contribution in [0.3, 0.4) is 0 Å². The summed E-state index contributed by atoms with van der Waals surface area (Å²) in [4.78, 5) is 18.0. The Kier molecular flexibility index (Phi) is 6.62. The van der Waals surface area contributed by atoms with Crippen molar-refractivity contribution >= 4 is 11.7 Å². The van der Waals surface area contributed by atoms with Gasteiger partial charge in [0, 0.05) is 37.4 Å². The van der Waals surface area contributed by atoms with Gasteiger partial charge in [0.1, 0.15) is 6.10 Å². The highest BCUT2D eigenvalue weighted by atomic mass is 19.4. The van der Waals surface area contributed by atoms with Crippen LogP contribution in [0, 0.1) is 0 Å². The van der Waals surface area contributed by atoms with Gasteiger partial charge >= 0.3 is 12.2 Å². The number of amides is 2. The van der Waals surface area contributed by atoms with E-state index in [2.05, 4.69) is 10.3 Å². The molecule has 1 aliphatic rings. The number of methoxy groups -OCH3 is 3. The number of benzene rings is 1. The molecule has 168 valence electrons. The largest absolute Gasteiger partial charge is 0.493 e. The summed E-state index contributed by atoms with van der Waals surface area (Å²) in [6, 6.07) is 4.51. The molecule has 2 amide bonds. The Morgan fingerprint density at radius 3 is 2.39 bits per heavy atom. The van der Waals surface area contributed by atoms with E-state index in [0.29, 0.717) is 35.9 Å². The average molecular weight is 441 g/mol. The van der Waals surface area contributed by atoms with Gasteiger partial charge in [-0.2, -0.15) is 13.2 Å². The predicted molar refractivity (Wildman–Crippen MR) is 105 cm³/mol. The lowest BCUT2D eigenvalue weighted by Gasteiger charge is -2.19. The van der Waals surface area contributed by atoms with E-state index in [-0.39, 0.29) is 12.4 Å². The van der Waals surface area contributed by atoms with Gasteiger partial charge in [0.25, 0.3) is 0 Å². The summed E-state index contributed by atoms with van der Waals surface area (Å²) in [6.07, 6.45) is -3.45. The first-order chi connectivity index (χ1) is 14.7.